The van der Waals surface area contributed by atoms with Crippen LogP contribution in [0.25, 0.3) is 22.0 Å². The van der Waals surface area contributed by atoms with Gasteiger partial charge < -0.3 is 25.7 Å². The smallest absolute Gasteiger partial charge is 0.223 e. The highest BCUT2D eigenvalue weighted by molar-refractivity contribution is 7.80. The van der Waals surface area contributed by atoms with Crippen molar-refractivity contribution in [3.63, 3.8) is 0 Å². The molecule has 0 bridgehead atoms. The summed E-state index contributed by atoms with van der Waals surface area (Å²) in [4.78, 5) is 13.4. The lowest BCUT2D eigenvalue weighted by Crippen LogP contribution is -2.50. The van der Waals surface area contributed by atoms with Gasteiger partial charge in [-0.1, -0.05) is 54.2 Å². The zero-order valence-electron chi connectivity index (χ0n) is 21.6. The van der Waals surface area contributed by atoms with Crippen molar-refractivity contribution >= 4 is 45.6 Å². The Morgan fingerprint density at radius 2 is 1.95 bits per heavy atom. The summed E-state index contributed by atoms with van der Waals surface area (Å²) in [6.45, 7) is 4.06. The number of amides is 1. The minimum atomic E-state index is 0.120. The largest absolute Gasteiger partial charge is 0.389 e. The molecular formula is C30H35ClN4O2S. The van der Waals surface area contributed by atoms with Crippen molar-refractivity contribution in [1.29, 1.82) is 0 Å². The quantitative estimate of drug-likeness (QED) is 0.361. The minimum Gasteiger partial charge on any atom is -0.389 e. The first-order valence-electron chi connectivity index (χ1n) is 13.7. The number of halogens is 1. The van der Waals surface area contributed by atoms with Gasteiger partial charge in [0.05, 0.1) is 10.5 Å². The number of hydrogen-bond donors (Lipinski definition) is 3. The summed E-state index contributed by atoms with van der Waals surface area (Å²) in [6, 6.07) is 12.5. The van der Waals surface area contributed by atoms with Crippen LogP contribution >= 0.6 is 23.8 Å². The minimum absolute atomic E-state index is 0.120. The van der Waals surface area contributed by atoms with Gasteiger partial charge in [0, 0.05) is 54.4 Å². The Balaban J connectivity index is 1.28. The molecule has 4 N–H and O–H groups in total. The number of benzene rings is 2. The molecule has 2 aliphatic heterocycles. The normalized spacial score (nSPS) is 19.9. The number of carbonyl (C=O) groups is 1. The van der Waals surface area contributed by atoms with E-state index in [1.54, 1.807) is 0 Å². The van der Waals surface area contributed by atoms with Crippen LogP contribution in [-0.4, -0.2) is 41.8 Å². The Morgan fingerprint density at radius 1 is 1.18 bits per heavy atom. The Labute approximate surface area is 234 Å². The summed E-state index contributed by atoms with van der Waals surface area (Å²) in [7, 11) is 0. The summed E-state index contributed by atoms with van der Waals surface area (Å²) in [5.74, 6) is 0.273. The van der Waals surface area contributed by atoms with Crippen molar-refractivity contribution in [1.82, 2.24) is 15.2 Å². The first-order chi connectivity index (χ1) is 18.4. The second-order valence-electron chi connectivity index (χ2n) is 11.2. The number of rotatable bonds is 6. The predicted octanol–water partition coefficient (Wildman–Crippen LogP) is 5.34. The molecule has 3 aromatic rings. The van der Waals surface area contributed by atoms with Gasteiger partial charge in [0.2, 0.25) is 5.91 Å². The van der Waals surface area contributed by atoms with Crippen LogP contribution < -0.4 is 16.4 Å². The van der Waals surface area contributed by atoms with Crippen LogP contribution in [0.2, 0.25) is 5.02 Å². The highest BCUT2D eigenvalue weighted by atomic mass is 35.5. The molecule has 1 spiro atoms. The maximum Gasteiger partial charge on any atom is 0.223 e. The first-order valence-corrected chi connectivity index (χ1v) is 14.5. The van der Waals surface area contributed by atoms with Crippen molar-refractivity contribution < 1.29 is 9.53 Å². The second kappa shape index (κ2) is 10.6. The van der Waals surface area contributed by atoms with Crippen LogP contribution in [0.4, 0.5) is 0 Å². The predicted molar refractivity (Wildman–Crippen MR) is 156 cm³/mol. The fourth-order valence-corrected chi connectivity index (χ4v) is 7.13. The van der Waals surface area contributed by atoms with E-state index in [1.165, 1.54) is 12.8 Å². The van der Waals surface area contributed by atoms with Crippen LogP contribution in [0, 0.1) is 11.3 Å². The molecule has 38 heavy (non-hydrogen) atoms. The zero-order chi connectivity index (χ0) is 26.3. The molecule has 6 nitrogen and oxygen atoms in total. The SMILES string of the molecule is NC(=S)c1cccc(-c2cn(C3CCOCC3)c3c(Cl)c(CNC(=O)C4CC5(CCNCC5)C4)ccc23)c1. The van der Waals surface area contributed by atoms with Gasteiger partial charge in [0.15, 0.2) is 0 Å². The molecule has 0 atom stereocenters. The van der Waals surface area contributed by atoms with E-state index in [0.29, 0.717) is 28.0 Å². The number of nitrogens with two attached hydrogens (primary N) is 1. The van der Waals surface area contributed by atoms with Crippen molar-refractivity contribution in [3.8, 4) is 11.1 Å². The van der Waals surface area contributed by atoms with E-state index in [2.05, 4.69) is 39.6 Å². The molecule has 1 saturated carbocycles. The molecular weight excluding hydrogens is 516 g/mol. The van der Waals surface area contributed by atoms with E-state index in [-0.39, 0.29) is 11.8 Å². The topological polar surface area (TPSA) is 81.3 Å². The lowest BCUT2D eigenvalue weighted by Gasteiger charge is -2.49. The van der Waals surface area contributed by atoms with E-state index >= 15 is 0 Å². The maximum atomic E-state index is 13.0. The number of piperidine rings is 1. The van der Waals surface area contributed by atoms with E-state index in [0.717, 1.165) is 85.1 Å². The average Bonchev–Trinajstić information content (AvgIpc) is 3.33. The van der Waals surface area contributed by atoms with Crippen molar-refractivity contribution in [2.75, 3.05) is 26.3 Å². The second-order valence-corrected chi connectivity index (χ2v) is 12.1. The monoisotopic (exact) mass is 550 g/mol. The van der Waals surface area contributed by atoms with Crippen LogP contribution in [0.1, 0.15) is 55.7 Å². The fourth-order valence-electron chi connectivity index (χ4n) is 6.67. The Morgan fingerprint density at radius 3 is 2.68 bits per heavy atom. The van der Waals surface area contributed by atoms with Crippen LogP contribution in [0.3, 0.4) is 0 Å². The Bertz CT molecular complexity index is 1370. The average molecular weight is 551 g/mol. The van der Waals surface area contributed by atoms with E-state index in [4.69, 9.17) is 34.3 Å². The van der Waals surface area contributed by atoms with Gasteiger partial charge in [-0.2, -0.15) is 0 Å². The Kier molecular flexibility index (Phi) is 7.20. The molecule has 1 aromatic heterocycles. The zero-order valence-corrected chi connectivity index (χ0v) is 23.2. The molecule has 8 heteroatoms. The van der Waals surface area contributed by atoms with Gasteiger partial charge in [-0.3, -0.25) is 4.79 Å². The third-order valence-corrected chi connectivity index (χ3v) is 9.56. The number of thiocarbonyl (C=S) groups is 1. The number of hydrogen-bond acceptors (Lipinski definition) is 4. The van der Waals surface area contributed by atoms with Crippen LogP contribution in [0.15, 0.2) is 42.6 Å². The molecule has 1 aliphatic carbocycles. The number of carbonyl (C=O) groups excluding carboxylic acids is 1. The standard InChI is InChI=1S/C30H35ClN4O2S/c31-26-21(17-34-29(36)22-15-30(16-22)8-10-33-11-9-30)4-5-24-25(19-2-1-3-20(14-19)28(32)38)18-35(27(24)26)23-6-12-37-13-7-23/h1-5,14,18,22-23,33H,6-13,15-17H2,(H2,32,38)(H,34,36). The third-order valence-electron chi connectivity index (χ3n) is 8.90. The lowest BCUT2D eigenvalue weighted by molar-refractivity contribution is -0.134. The molecule has 3 aliphatic rings. The molecule has 1 amide bonds. The fraction of sp³-hybridized carbons (Fsp3) is 0.467. The van der Waals surface area contributed by atoms with Gasteiger partial charge in [0.25, 0.3) is 0 Å². The van der Waals surface area contributed by atoms with Crippen LogP contribution in [0.5, 0.6) is 0 Å². The van der Waals surface area contributed by atoms with Gasteiger partial charge in [-0.25, -0.2) is 0 Å². The summed E-state index contributed by atoms with van der Waals surface area (Å²) >= 11 is 12.4. The van der Waals surface area contributed by atoms with E-state index in [9.17, 15) is 4.79 Å². The lowest BCUT2D eigenvalue weighted by atomic mass is 9.57. The van der Waals surface area contributed by atoms with Gasteiger partial charge >= 0.3 is 0 Å². The number of ether oxygens (including phenoxy) is 1. The van der Waals surface area contributed by atoms with Gasteiger partial charge in [0.1, 0.15) is 4.99 Å². The molecule has 3 heterocycles. The van der Waals surface area contributed by atoms with Crippen molar-refractivity contribution in [3.05, 3.63) is 58.7 Å². The molecule has 0 unspecified atom stereocenters. The first kappa shape index (κ1) is 25.8. The Hall–Kier alpha value is -2.45. The molecule has 3 fully saturated rings. The molecule has 6 rings (SSSR count). The van der Waals surface area contributed by atoms with Crippen LogP contribution in [-0.2, 0) is 16.1 Å². The highest BCUT2D eigenvalue weighted by Crippen LogP contribution is 2.51. The summed E-state index contributed by atoms with van der Waals surface area (Å²) in [6.07, 6.45) is 8.47. The molecule has 200 valence electrons. The van der Waals surface area contributed by atoms with Crippen molar-refractivity contribution in [2.45, 2.75) is 51.1 Å². The highest BCUT2D eigenvalue weighted by Gasteiger charge is 2.47. The number of nitrogens with one attached hydrogen (secondary N) is 2. The maximum absolute atomic E-state index is 13.0. The van der Waals surface area contributed by atoms with Crippen molar-refractivity contribution in [2.24, 2.45) is 17.1 Å². The summed E-state index contributed by atoms with van der Waals surface area (Å²) in [5, 5.41) is 8.41. The number of nitrogens with zero attached hydrogens (tertiary/aromatic N) is 1. The number of fused-ring (bicyclic) bond motifs is 1. The van der Waals surface area contributed by atoms with Gasteiger partial charge in [-0.15, -0.1) is 0 Å². The molecule has 2 saturated heterocycles. The third kappa shape index (κ3) is 4.86. The number of aromatic nitrogens is 1. The summed E-state index contributed by atoms with van der Waals surface area (Å²) < 4.78 is 7.96. The molecule has 0 radical (unpaired) electrons. The van der Waals surface area contributed by atoms with E-state index in [1.807, 2.05) is 18.2 Å². The van der Waals surface area contributed by atoms with E-state index < -0.39 is 0 Å². The van der Waals surface area contributed by atoms with Gasteiger partial charge in [-0.05, 0) is 74.2 Å². The summed E-state index contributed by atoms with van der Waals surface area (Å²) in [5.41, 5.74) is 11.3. The molecule has 2 aromatic carbocycles.